The topological polar surface area (TPSA) is 71.1 Å². The number of rotatable bonds is 6. The van der Waals surface area contributed by atoms with E-state index in [4.69, 9.17) is 23.2 Å². The van der Waals surface area contributed by atoms with Crippen molar-refractivity contribution in [1.29, 1.82) is 0 Å². The van der Waals surface area contributed by atoms with Crippen molar-refractivity contribution >= 4 is 39.0 Å². The van der Waals surface area contributed by atoms with Crippen molar-refractivity contribution in [2.45, 2.75) is 11.1 Å². The number of hydrogen-bond acceptors (Lipinski definition) is 4. The zero-order chi connectivity index (χ0) is 18.7. The van der Waals surface area contributed by atoms with Crippen LogP contribution in [-0.2, 0) is 16.2 Å². The van der Waals surface area contributed by atoms with Crippen LogP contribution in [0.2, 0.25) is 10.0 Å². The second kappa shape index (κ2) is 7.77. The van der Waals surface area contributed by atoms with Crippen molar-refractivity contribution in [1.82, 2.24) is 9.71 Å². The summed E-state index contributed by atoms with van der Waals surface area (Å²) in [7, 11) is -3.72. The number of benzene rings is 1. The highest BCUT2D eigenvalue weighted by molar-refractivity contribution is 7.89. The Kier molecular flexibility index (Phi) is 6.15. The summed E-state index contributed by atoms with van der Waals surface area (Å²) in [5.41, 5.74) is -0.966. The van der Waals surface area contributed by atoms with Gasteiger partial charge in [-0.1, -0.05) is 23.2 Å². The van der Waals surface area contributed by atoms with Crippen LogP contribution in [-0.4, -0.2) is 26.5 Å². The van der Waals surface area contributed by atoms with Gasteiger partial charge in [0, 0.05) is 24.3 Å². The van der Waals surface area contributed by atoms with Gasteiger partial charge < -0.3 is 5.32 Å². The van der Waals surface area contributed by atoms with E-state index in [0.717, 1.165) is 6.07 Å². The van der Waals surface area contributed by atoms with E-state index in [2.05, 4.69) is 15.0 Å². The molecule has 2 aromatic rings. The molecular formula is C14H12Cl2F3N3O2S. The molecule has 0 aliphatic heterocycles. The minimum atomic E-state index is -4.54. The molecule has 25 heavy (non-hydrogen) atoms. The van der Waals surface area contributed by atoms with E-state index >= 15 is 0 Å². The maximum atomic E-state index is 12.5. The van der Waals surface area contributed by atoms with Crippen LogP contribution in [0.15, 0.2) is 41.4 Å². The van der Waals surface area contributed by atoms with Crippen LogP contribution < -0.4 is 10.0 Å². The molecule has 0 fully saturated rings. The lowest BCUT2D eigenvalue weighted by molar-refractivity contribution is -0.137. The third-order valence-corrected chi connectivity index (χ3v) is 5.02. The zero-order valence-electron chi connectivity index (χ0n) is 12.4. The second-order valence-electron chi connectivity index (χ2n) is 4.83. The Morgan fingerprint density at radius 2 is 1.72 bits per heavy atom. The van der Waals surface area contributed by atoms with Crippen LogP contribution in [0.4, 0.5) is 19.0 Å². The van der Waals surface area contributed by atoms with Gasteiger partial charge in [-0.15, -0.1) is 0 Å². The van der Waals surface area contributed by atoms with Gasteiger partial charge in [0.2, 0.25) is 10.0 Å². The summed E-state index contributed by atoms with van der Waals surface area (Å²) < 4.78 is 64.0. The van der Waals surface area contributed by atoms with Gasteiger partial charge >= 0.3 is 6.18 Å². The molecule has 0 unspecified atom stereocenters. The summed E-state index contributed by atoms with van der Waals surface area (Å²) in [6.07, 6.45) is -3.89. The van der Waals surface area contributed by atoms with Crippen molar-refractivity contribution in [3.8, 4) is 0 Å². The Hall–Kier alpha value is -1.55. The second-order valence-corrected chi connectivity index (χ2v) is 7.44. The number of aromatic nitrogens is 1. The molecule has 0 amide bonds. The predicted molar refractivity (Wildman–Crippen MR) is 89.4 cm³/mol. The molecule has 0 radical (unpaired) electrons. The molecule has 1 aromatic heterocycles. The Labute approximate surface area is 152 Å². The SMILES string of the molecule is O=S(=O)(NCCNc1ncc(C(F)(F)F)cc1Cl)c1ccc(Cl)cc1. The average molecular weight is 414 g/mol. The number of nitrogens with one attached hydrogen (secondary N) is 2. The summed E-state index contributed by atoms with van der Waals surface area (Å²) in [6.45, 7) is 0.0505. The monoisotopic (exact) mass is 413 g/mol. The highest BCUT2D eigenvalue weighted by Gasteiger charge is 2.31. The van der Waals surface area contributed by atoms with Gasteiger partial charge in [0.1, 0.15) is 5.82 Å². The minimum Gasteiger partial charge on any atom is -0.368 e. The van der Waals surface area contributed by atoms with Gasteiger partial charge in [-0.25, -0.2) is 18.1 Å². The van der Waals surface area contributed by atoms with E-state index in [1.165, 1.54) is 24.3 Å². The molecule has 1 heterocycles. The summed E-state index contributed by atoms with van der Waals surface area (Å²) in [5.74, 6) is 0.0281. The quantitative estimate of drug-likeness (QED) is 0.706. The molecule has 2 rings (SSSR count). The van der Waals surface area contributed by atoms with Crippen molar-refractivity contribution in [3.05, 3.63) is 52.1 Å². The number of anilines is 1. The third kappa shape index (κ3) is 5.46. The smallest absolute Gasteiger partial charge is 0.368 e. The van der Waals surface area contributed by atoms with Crippen LogP contribution in [0.3, 0.4) is 0 Å². The van der Waals surface area contributed by atoms with Crippen LogP contribution in [0.1, 0.15) is 5.56 Å². The number of sulfonamides is 1. The first-order valence-corrected chi connectivity index (χ1v) is 9.05. The third-order valence-electron chi connectivity index (χ3n) is 3.00. The zero-order valence-corrected chi connectivity index (χ0v) is 14.8. The Morgan fingerprint density at radius 3 is 2.28 bits per heavy atom. The van der Waals surface area contributed by atoms with Gasteiger partial charge in [0.15, 0.2) is 0 Å². The molecule has 0 bridgehead atoms. The normalized spacial score (nSPS) is 12.2. The summed E-state index contributed by atoms with van der Waals surface area (Å²) in [6, 6.07) is 6.34. The first kappa shape index (κ1) is 19.8. The summed E-state index contributed by atoms with van der Waals surface area (Å²) in [5, 5.41) is 2.86. The van der Waals surface area contributed by atoms with E-state index in [0.29, 0.717) is 11.2 Å². The Morgan fingerprint density at radius 1 is 1.08 bits per heavy atom. The van der Waals surface area contributed by atoms with E-state index in [1.54, 1.807) is 0 Å². The fraction of sp³-hybridized carbons (Fsp3) is 0.214. The first-order chi connectivity index (χ1) is 11.6. The maximum Gasteiger partial charge on any atom is 0.417 e. The molecule has 0 spiro atoms. The maximum absolute atomic E-state index is 12.5. The molecule has 0 aliphatic rings. The molecule has 2 N–H and O–H groups in total. The highest BCUT2D eigenvalue weighted by atomic mass is 35.5. The van der Waals surface area contributed by atoms with E-state index in [1.807, 2.05) is 0 Å². The average Bonchev–Trinajstić information content (AvgIpc) is 2.52. The lowest BCUT2D eigenvalue weighted by Gasteiger charge is -2.11. The number of hydrogen-bond donors (Lipinski definition) is 2. The van der Waals surface area contributed by atoms with Gasteiger partial charge in [-0.05, 0) is 30.3 Å². The number of nitrogens with zero attached hydrogens (tertiary/aromatic N) is 1. The van der Waals surface area contributed by atoms with E-state index < -0.39 is 21.8 Å². The number of alkyl halides is 3. The standard InChI is InChI=1S/C14H12Cl2F3N3O2S/c15-10-1-3-11(4-2-10)25(23,24)22-6-5-20-13-12(16)7-9(8-21-13)14(17,18)19/h1-4,7-8,22H,5-6H2,(H,20,21). The van der Waals surface area contributed by atoms with Crippen molar-refractivity contribution < 1.29 is 21.6 Å². The molecule has 5 nitrogen and oxygen atoms in total. The van der Waals surface area contributed by atoms with Crippen LogP contribution in [0, 0.1) is 0 Å². The molecule has 0 saturated heterocycles. The Bertz CT molecular complexity index is 843. The molecule has 11 heteroatoms. The predicted octanol–water partition coefficient (Wildman–Crippen LogP) is 3.80. The fourth-order valence-electron chi connectivity index (χ4n) is 1.79. The molecule has 1 aromatic carbocycles. The first-order valence-electron chi connectivity index (χ1n) is 6.81. The largest absolute Gasteiger partial charge is 0.417 e. The summed E-state index contributed by atoms with van der Waals surface area (Å²) in [4.78, 5) is 3.64. The van der Waals surface area contributed by atoms with Gasteiger partial charge in [-0.2, -0.15) is 13.2 Å². The van der Waals surface area contributed by atoms with Gasteiger partial charge in [0.25, 0.3) is 0 Å². The lowest BCUT2D eigenvalue weighted by Crippen LogP contribution is -2.29. The van der Waals surface area contributed by atoms with Gasteiger partial charge in [0.05, 0.1) is 15.5 Å². The molecule has 0 atom stereocenters. The number of halogens is 5. The van der Waals surface area contributed by atoms with Gasteiger partial charge in [-0.3, -0.25) is 0 Å². The van der Waals surface area contributed by atoms with Crippen LogP contribution >= 0.6 is 23.2 Å². The van der Waals surface area contributed by atoms with Crippen LogP contribution in [0.25, 0.3) is 0 Å². The summed E-state index contributed by atoms with van der Waals surface area (Å²) >= 11 is 11.4. The van der Waals surface area contributed by atoms with E-state index in [9.17, 15) is 21.6 Å². The van der Waals surface area contributed by atoms with E-state index in [-0.39, 0.29) is 28.8 Å². The number of pyridine rings is 1. The molecule has 0 aliphatic carbocycles. The Balaban J connectivity index is 1.92. The molecule has 0 saturated carbocycles. The van der Waals surface area contributed by atoms with Crippen molar-refractivity contribution in [2.24, 2.45) is 0 Å². The highest BCUT2D eigenvalue weighted by Crippen LogP contribution is 2.32. The molecule has 136 valence electrons. The van der Waals surface area contributed by atoms with Crippen molar-refractivity contribution in [2.75, 3.05) is 18.4 Å². The fourth-order valence-corrected chi connectivity index (χ4v) is 3.18. The van der Waals surface area contributed by atoms with Crippen molar-refractivity contribution in [3.63, 3.8) is 0 Å². The lowest BCUT2D eigenvalue weighted by atomic mass is 10.3. The van der Waals surface area contributed by atoms with Crippen LogP contribution in [0.5, 0.6) is 0 Å². The molecular weight excluding hydrogens is 402 g/mol. The minimum absolute atomic E-state index is 0.0238.